The highest BCUT2D eigenvalue weighted by Gasteiger charge is 2.76. The maximum atomic E-state index is 13.4. The van der Waals surface area contributed by atoms with Crippen molar-refractivity contribution in [2.24, 2.45) is 0 Å². The van der Waals surface area contributed by atoms with E-state index < -0.39 is 23.2 Å². The van der Waals surface area contributed by atoms with Crippen LogP contribution >= 0.6 is 0 Å². The molecule has 1 aliphatic heterocycles. The van der Waals surface area contributed by atoms with E-state index in [2.05, 4.69) is 5.32 Å². The third-order valence-corrected chi connectivity index (χ3v) is 3.13. The summed E-state index contributed by atoms with van der Waals surface area (Å²) in [7, 11) is 0. The zero-order valence-electron chi connectivity index (χ0n) is 10.3. The van der Waals surface area contributed by atoms with E-state index in [-0.39, 0.29) is 19.5 Å². The maximum absolute atomic E-state index is 13.4. The number of hydrogen-bond donors (Lipinski definition) is 1. The van der Waals surface area contributed by atoms with Crippen molar-refractivity contribution in [3.05, 3.63) is 0 Å². The van der Waals surface area contributed by atoms with E-state index in [9.17, 15) is 13.6 Å². The average molecular weight is 248 g/mol. The van der Waals surface area contributed by atoms with E-state index >= 15 is 0 Å². The molecule has 4 nitrogen and oxygen atoms in total. The fraction of sp³-hybridized carbons (Fsp3) is 0.909. The molecule has 1 saturated carbocycles. The Morgan fingerprint density at radius 1 is 1.41 bits per heavy atom. The van der Waals surface area contributed by atoms with Crippen LogP contribution in [0.2, 0.25) is 0 Å². The topological polar surface area (TPSA) is 41.6 Å². The second kappa shape index (κ2) is 3.54. The molecule has 2 rings (SSSR count). The van der Waals surface area contributed by atoms with Crippen molar-refractivity contribution in [2.45, 2.75) is 44.3 Å². The van der Waals surface area contributed by atoms with Crippen molar-refractivity contribution in [2.75, 3.05) is 19.6 Å². The highest BCUT2D eigenvalue weighted by atomic mass is 19.3. The predicted molar refractivity (Wildman–Crippen MR) is 58.1 cm³/mol. The Balaban J connectivity index is 2.11. The van der Waals surface area contributed by atoms with Gasteiger partial charge in [0.15, 0.2) is 0 Å². The van der Waals surface area contributed by atoms with E-state index in [0.29, 0.717) is 6.54 Å². The molecule has 1 spiro atoms. The van der Waals surface area contributed by atoms with Crippen LogP contribution in [-0.2, 0) is 4.74 Å². The van der Waals surface area contributed by atoms with Gasteiger partial charge < -0.3 is 10.1 Å². The largest absolute Gasteiger partial charge is 0.444 e. The van der Waals surface area contributed by atoms with Gasteiger partial charge in [-0.1, -0.05) is 0 Å². The molecule has 1 heterocycles. The molecule has 98 valence electrons. The van der Waals surface area contributed by atoms with E-state index in [1.807, 2.05) is 0 Å². The quantitative estimate of drug-likeness (QED) is 0.708. The zero-order valence-corrected chi connectivity index (χ0v) is 10.3. The Bertz CT molecular complexity index is 341. The summed E-state index contributed by atoms with van der Waals surface area (Å²) in [5, 5.41) is 2.91. The number of rotatable bonds is 0. The number of ether oxygens (including phenoxy) is 1. The molecule has 1 aliphatic carbocycles. The molecule has 1 atom stereocenters. The highest BCUT2D eigenvalue weighted by molar-refractivity contribution is 5.71. The first-order valence-corrected chi connectivity index (χ1v) is 5.77. The van der Waals surface area contributed by atoms with Gasteiger partial charge in [0.05, 0.1) is 0 Å². The van der Waals surface area contributed by atoms with E-state index in [1.165, 1.54) is 4.90 Å². The molecule has 0 radical (unpaired) electrons. The smallest absolute Gasteiger partial charge is 0.411 e. The number of alkyl halides is 2. The number of piperazine rings is 1. The lowest BCUT2D eigenvalue weighted by Crippen LogP contribution is -2.59. The molecule has 0 aromatic carbocycles. The molecule has 0 aromatic rings. The second-order valence-corrected chi connectivity index (χ2v) is 5.72. The molecular formula is C11H18F2N2O2. The molecule has 1 N–H and O–H groups in total. The van der Waals surface area contributed by atoms with E-state index in [1.54, 1.807) is 20.8 Å². The van der Waals surface area contributed by atoms with Gasteiger partial charge in [-0.15, -0.1) is 0 Å². The molecule has 2 fully saturated rings. The van der Waals surface area contributed by atoms with Crippen molar-refractivity contribution in [3.8, 4) is 0 Å². The fourth-order valence-electron chi connectivity index (χ4n) is 2.19. The Labute approximate surface area is 99.3 Å². The van der Waals surface area contributed by atoms with Crippen LogP contribution in [0.4, 0.5) is 13.6 Å². The van der Waals surface area contributed by atoms with Crippen LogP contribution in [0.15, 0.2) is 0 Å². The Morgan fingerprint density at radius 2 is 2.00 bits per heavy atom. The molecule has 2 aliphatic rings. The summed E-state index contributed by atoms with van der Waals surface area (Å²) >= 11 is 0. The minimum atomic E-state index is -2.79. The summed E-state index contributed by atoms with van der Waals surface area (Å²) in [6.45, 7) is 6.11. The van der Waals surface area contributed by atoms with Gasteiger partial charge in [-0.05, 0) is 20.8 Å². The standard InChI is InChI=1S/C11H18F2N2O2/c1-9(2,3)17-8(16)15-5-4-14-7-10(15)6-11(10,12)13/h14H,4-7H2,1-3H3. The third-order valence-electron chi connectivity index (χ3n) is 3.13. The van der Waals surface area contributed by atoms with Crippen LogP contribution in [-0.4, -0.2) is 47.7 Å². The van der Waals surface area contributed by atoms with Crippen molar-refractivity contribution in [3.63, 3.8) is 0 Å². The lowest BCUT2D eigenvalue weighted by molar-refractivity contribution is -0.0215. The predicted octanol–water partition coefficient (Wildman–Crippen LogP) is 1.60. The van der Waals surface area contributed by atoms with Gasteiger partial charge in [0.1, 0.15) is 11.1 Å². The van der Waals surface area contributed by atoms with Gasteiger partial charge in [0.25, 0.3) is 5.92 Å². The average Bonchev–Trinajstić information content (AvgIpc) is 2.65. The number of hydrogen-bond acceptors (Lipinski definition) is 3. The molecule has 1 unspecified atom stereocenters. The van der Waals surface area contributed by atoms with Crippen LogP contribution in [0.5, 0.6) is 0 Å². The van der Waals surface area contributed by atoms with Crippen LogP contribution in [0.25, 0.3) is 0 Å². The van der Waals surface area contributed by atoms with Gasteiger partial charge >= 0.3 is 6.09 Å². The van der Waals surface area contributed by atoms with E-state index in [0.717, 1.165) is 0 Å². The van der Waals surface area contributed by atoms with Crippen LogP contribution < -0.4 is 5.32 Å². The maximum Gasteiger partial charge on any atom is 0.411 e. The van der Waals surface area contributed by atoms with Crippen LogP contribution in [0, 0.1) is 0 Å². The minimum absolute atomic E-state index is 0.138. The fourth-order valence-corrected chi connectivity index (χ4v) is 2.19. The molecular weight excluding hydrogens is 230 g/mol. The molecule has 1 amide bonds. The Kier molecular flexibility index (Phi) is 2.61. The molecule has 0 bridgehead atoms. The highest BCUT2D eigenvalue weighted by Crippen LogP contribution is 2.57. The molecule has 6 heteroatoms. The Morgan fingerprint density at radius 3 is 2.47 bits per heavy atom. The normalized spacial score (nSPS) is 31.5. The summed E-state index contributed by atoms with van der Waals surface area (Å²) in [4.78, 5) is 13.1. The van der Waals surface area contributed by atoms with Crippen molar-refractivity contribution >= 4 is 6.09 Å². The summed E-state index contributed by atoms with van der Waals surface area (Å²) in [5.74, 6) is -2.79. The van der Waals surface area contributed by atoms with Crippen LogP contribution in [0.3, 0.4) is 0 Å². The summed E-state index contributed by atoms with van der Waals surface area (Å²) in [6, 6.07) is 0. The van der Waals surface area contributed by atoms with Gasteiger partial charge in [0.2, 0.25) is 0 Å². The number of carbonyl (C=O) groups is 1. The SMILES string of the molecule is CC(C)(C)OC(=O)N1CCNCC12CC2(F)F. The van der Waals surface area contributed by atoms with Gasteiger partial charge in [0, 0.05) is 26.1 Å². The number of halogens is 2. The minimum Gasteiger partial charge on any atom is -0.444 e. The number of nitrogens with zero attached hydrogens (tertiary/aromatic N) is 1. The van der Waals surface area contributed by atoms with E-state index in [4.69, 9.17) is 4.74 Å². The first kappa shape index (κ1) is 12.5. The van der Waals surface area contributed by atoms with Crippen molar-refractivity contribution in [1.29, 1.82) is 0 Å². The first-order valence-electron chi connectivity index (χ1n) is 5.77. The molecule has 0 aromatic heterocycles. The monoisotopic (exact) mass is 248 g/mol. The lowest BCUT2D eigenvalue weighted by atomic mass is 10.1. The summed E-state index contributed by atoms with van der Waals surface area (Å²) < 4.78 is 32.0. The van der Waals surface area contributed by atoms with Gasteiger partial charge in [-0.3, -0.25) is 4.90 Å². The lowest BCUT2D eigenvalue weighted by Gasteiger charge is -2.37. The van der Waals surface area contributed by atoms with Crippen molar-refractivity contribution in [1.82, 2.24) is 10.2 Å². The summed E-state index contributed by atoms with van der Waals surface area (Å²) in [5.41, 5.74) is -2.01. The number of amides is 1. The van der Waals surface area contributed by atoms with Gasteiger partial charge in [-0.25, -0.2) is 13.6 Å². The first-order chi connectivity index (χ1) is 7.68. The second-order valence-electron chi connectivity index (χ2n) is 5.72. The zero-order chi connectivity index (χ0) is 12.9. The van der Waals surface area contributed by atoms with Crippen LogP contribution in [0.1, 0.15) is 27.2 Å². The van der Waals surface area contributed by atoms with Crippen molar-refractivity contribution < 1.29 is 18.3 Å². The number of nitrogens with one attached hydrogen (secondary N) is 1. The van der Waals surface area contributed by atoms with Gasteiger partial charge in [-0.2, -0.15) is 0 Å². The third kappa shape index (κ3) is 2.10. The number of carbonyl (C=O) groups excluding carboxylic acids is 1. The molecule has 17 heavy (non-hydrogen) atoms. The summed E-state index contributed by atoms with van der Waals surface area (Å²) in [6.07, 6.45) is -0.914. The molecule has 1 saturated heterocycles. The Hall–Kier alpha value is -0.910.